The van der Waals surface area contributed by atoms with Crippen LogP contribution in [0.15, 0.2) is 35.2 Å². The van der Waals surface area contributed by atoms with Crippen molar-refractivity contribution in [2.45, 2.75) is 34.1 Å². The van der Waals surface area contributed by atoms with E-state index in [4.69, 9.17) is 0 Å². The number of allylic oxidation sites excluding steroid dienone is 5. The predicted molar refractivity (Wildman–Crippen MR) is 52.7 cm³/mol. The lowest BCUT2D eigenvalue weighted by Gasteiger charge is -2.02. The highest BCUT2D eigenvalue weighted by atomic mass is 19.1. The van der Waals surface area contributed by atoms with Crippen molar-refractivity contribution in [2.24, 2.45) is 0 Å². The van der Waals surface area contributed by atoms with Crippen molar-refractivity contribution >= 4 is 0 Å². The van der Waals surface area contributed by atoms with Crippen LogP contribution in [0.25, 0.3) is 0 Å². The molecule has 0 spiro atoms. The first-order valence-electron chi connectivity index (χ1n) is 4.18. The van der Waals surface area contributed by atoms with E-state index in [9.17, 15) is 4.39 Å². The summed E-state index contributed by atoms with van der Waals surface area (Å²) < 4.78 is 13.1. The van der Waals surface area contributed by atoms with Gasteiger partial charge >= 0.3 is 0 Å². The Hall–Kier alpha value is -0.850. The average Bonchev–Trinajstić information content (AvgIpc) is 1.98. The minimum Gasteiger partial charge on any atom is -0.207 e. The topological polar surface area (TPSA) is 0 Å². The summed E-state index contributed by atoms with van der Waals surface area (Å²) in [7, 11) is 0. The fourth-order valence-corrected chi connectivity index (χ4v) is 0.824. The van der Waals surface area contributed by atoms with Crippen molar-refractivity contribution in [3.05, 3.63) is 35.2 Å². The highest BCUT2D eigenvalue weighted by molar-refractivity contribution is 5.33. The first kappa shape index (κ1) is 11.2. The summed E-state index contributed by atoms with van der Waals surface area (Å²) in [4.78, 5) is 0. The minimum absolute atomic E-state index is 0.144. The second-order valence-electron chi connectivity index (χ2n) is 3.15. The number of rotatable bonds is 3. The Bertz CT molecular complexity index is 227. The maximum atomic E-state index is 13.1. The lowest BCUT2D eigenvalue weighted by molar-refractivity contribution is 0.652. The molecule has 0 aliphatic carbocycles. The zero-order valence-corrected chi connectivity index (χ0v) is 8.37. The van der Waals surface area contributed by atoms with Crippen LogP contribution >= 0.6 is 0 Å². The molecule has 0 amide bonds. The molecule has 0 nitrogen and oxygen atoms in total. The summed E-state index contributed by atoms with van der Waals surface area (Å²) in [5, 5.41) is 0. The van der Waals surface area contributed by atoms with Crippen LogP contribution in [0.3, 0.4) is 0 Å². The molecule has 68 valence electrons. The Kier molecular flexibility index (Phi) is 4.57. The standard InChI is InChI=1S/C11H17F/c1-6-10(8(2)3)7-11(12)9(4)5/h7H,2,6H2,1,3-5H3/b10-7-. The number of halogens is 1. The van der Waals surface area contributed by atoms with Gasteiger partial charge in [-0.1, -0.05) is 19.1 Å². The van der Waals surface area contributed by atoms with Crippen molar-refractivity contribution in [1.82, 2.24) is 0 Å². The predicted octanol–water partition coefficient (Wildman–Crippen LogP) is 4.16. The molecule has 0 saturated carbocycles. The van der Waals surface area contributed by atoms with E-state index in [1.807, 2.05) is 13.8 Å². The Labute approximate surface area is 74.5 Å². The number of hydrogen-bond donors (Lipinski definition) is 0. The van der Waals surface area contributed by atoms with Gasteiger partial charge in [0.15, 0.2) is 0 Å². The molecule has 0 aliphatic heterocycles. The van der Waals surface area contributed by atoms with Gasteiger partial charge in [-0.15, -0.1) is 0 Å². The molecule has 1 heteroatoms. The molecule has 0 aliphatic rings. The van der Waals surface area contributed by atoms with E-state index in [0.717, 1.165) is 17.6 Å². The van der Waals surface area contributed by atoms with Gasteiger partial charge in [-0.05, 0) is 44.4 Å². The van der Waals surface area contributed by atoms with E-state index < -0.39 is 0 Å². The summed E-state index contributed by atoms with van der Waals surface area (Å²) in [6, 6.07) is 0. The molecular weight excluding hydrogens is 151 g/mol. The highest BCUT2D eigenvalue weighted by Crippen LogP contribution is 2.16. The van der Waals surface area contributed by atoms with Crippen LogP contribution in [-0.4, -0.2) is 0 Å². The zero-order valence-electron chi connectivity index (χ0n) is 8.37. The van der Waals surface area contributed by atoms with Crippen LogP contribution in [0.4, 0.5) is 4.39 Å². The van der Waals surface area contributed by atoms with Gasteiger partial charge in [0.05, 0.1) is 0 Å². The molecule has 0 aromatic heterocycles. The summed E-state index contributed by atoms with van der Waals surface area (Å²) >= 11 is 0. The molecule has 0 saturated heterocycles. The molecule has 0 radical (unpaired) electrons. The van der Waals surface area contributed by atoms with Crippen LogP contribution in [0.5, 0.6) is 0 Å². The average molecular weight is 168 g/mol. The molecule has 0 aromatic carbocycles. The van der Waals surface area contributed by atoms with Crippen molar-refractivity contribution in [1.29, 1.82) is 0 Å². The van der Waals surface area contributed by atoms with Gasteiger partial charge in [0.25, 0.3) is 0 Å². The van der Waals surface area contributed by atoms with E-state index in [0.29, 0.717) is 5.57 Å². The smallest absolute Gasteiger partial charge is 0.122 e. The lowest BCUT2D eigenvalue weighted by atomic mass is 10.1. The molecular formula is C11H17F. The molecule has 0 aromatic rings. The van der Waals surface area contributed by atoms with E-state index >= 15 is 0 Å². The summed E-state index contributed by atoms with van der Waals surface area (Å²) in [6.45, 7) is 11.2. The molecule has 0 fully saturated rings. The van der Waals surface area contributed by atoms with Gasteiger partial charge in [-0.3, -0.25) is 0 Å². The zero-order chi connectivity index (χ0) is 9.72. The molecule has 0 atom stereocenters. The minimum atomic E-state index is -0.144. The van der Waals surface area contributed by atoms with Gasteiger partial charge in [0, 0.05) is 0 Å². The maximum Gasteiger partial charge on any atom is 0.122 e. The monoisotopic (exact) mass is 168 g/mol. The summed E-state index contributed by atoms with van der Waals surface area (Å²) in [6.07, 6.45) is 2.40. The van der Waals surface area contributed by atoms with Crippen LogP contribution in [0.1, 0.15) is 34.1 Å². The first-order chi connectivity index (χ1) is 5.49. The highest BCUT2D eigenvalue weighted by Gasteiger charge is 1.98. The Balaban J connectivity index is 4.73. The van der Waals surface area contributed by atoms with E-state index in [2.05, 4.69) is 6.58 Å². The lowest BCUT2D eigenvalue weighted by Crippen LogP contribution is -1.83. The largest absolute Gasteiger partial charge is 0.207 e. The summed E-state index contributed by atoms with van der Waals surface area (Å²) in [5.41, 5.74) is 2.63. The molecule has 12 heavy (non-hydrogen) atoms. The van der Waals surface area contributed by atoms with Gasteiger partial charge in [0.2, 0.25) is 0 Å². The normalized spacial score (nSPS) is 11.2. The van der Waals surface area contributed by atoms with Gasteiger partial charge in [-0.2, -0.15) is 0 Å². The quantitative estimate of drug-likeness (QED) is 0.555. The van der Waals surface area contributed by atoms with Crippen LogP contribution in [0, 0.1) is 0 Å². The third kappa shape index (κ3) is 3.51. The second-order valence-corrected chi connectivity index (χ2v) is 3.15. The SMILES string of the molecule is C=C(C)/C(=C\C(F)=C(C)C)CC. The molecule has 0 heterocycles. The molecule has 0 rings (SSSR count). The third-order valence-electron chi connectivity index (χ3n) is 1.71. The Morgan fingerprint density at radius 3 is 2.08 bits per heavy atom. The Morgan fingerprint density at radius 2 is 1.83 bits per heavy atom. The fraction of sp³-hybridized carbons (Fsp3) is 0.455. The van der Waals surface area contributed by atoms with Crippen LogP contribution in [-0.2, 0) is 0 Å². The second kappa shape index (κ2) is 4.91. The molecule has 0 bridgehead atoms. The first-order valence-corrected chi connectivity index (χ1v) is 4.18. The molecule has 0 unspecified atom stereocenters. The summed E-state index contributed by atoms with van der Waals surface area (Å²) in [5.74, 6) is -0.144. The fourth-order valence-electron chi connectivity index (χ4n) is 0.824. The third-order valence-corrected chi connectivity index (χ3v) is 1.71. The van der Waals surface area contributed by atoms with E-state index in [1.165, 1.54) is 0 Å². The Morgan fingerprint density at radius 1 is 1.33 bits per heavy atom. The maximum absolute atomic E-state index is 13.1. The van der Waals surface area contributed by atoms with Crippen molar-refractivity contribution < 1.29 is 4.39 Å². The van der Waals surface area contributed by atoms with E-state index in [-0.39, 0.29) is 5.83 Å². The van der Waals surface area contributed by atoms with Gasteiger partial charge in [-0.25, -0.2) is 4.39 Å². The van der Waals surface area contributed by atoms with E-state index in [1.54, 1.807) is 19.9 Å². The van der Waals surface area contributed by atoms with Gasteiger partial charge < -0.3 is 0 Å². The van der Waals surface area contributed by atoms with Crippen LogP contribution < -0.4 is 0 Å². The van der Waals surface area contributed by atoms with Crippen LogP contribution in [0.2, 0.25) is 0 Å². The van der Waals surface area contributed by atoms with Crippen molar-refractivity contribution in [2.75, 3.05) is 0 Å². The molecule has 0 N–H and O–H groups in total. The van der Waals surface area contributed by atoms with Gasteiger partial charge in [0.1, 0.15) is 5.83 Å². The number of hydrogen-bond acceptors (Lipinski definition) is 0. The van der Waals surface area contributed by atoms with Crippen molar-refractivity contribution in [3.63, 3.8) is 0 Å². The van der Waals surface area contributed by atoms with Crippen molar-refractivity contribution in [3.8, 4) is 0 Å².